The van der Waals surface area contributed by atoms with Gasteiger partial charge in [-0.05, 0) is 31.2 Å². The predicted octanol–water partition coefficient (Wildman–Crippen LogP) is 2.10. The Labute approximate surface area is 153 Å². The molecule has 1 aliphatic rings. The first-order chi connectivity index (χ1) is 12.5. The van der Waals surface area contributed by atoms with E-state index in [2.05, 4.69) is 4.98 Å². The zero-order valence-electron chi connectivity index (χ0n) is 14.0. The SMILES string of the molecule is Cc1nc(COc2ccc(F)cc2)sc1C(=O)N1CCOCC1C(=O)O. The number of ether oxygens (including phenoxy) is 2. The van der Waals surface area contributed by atoms with Crippen LogP contribution in [0.15, 0.2) is 24.3 Å². The first-order valence-corrected chi connectivity index (χ1v) is 8.73. The number of hydrogen-bond acceptors (Lipinski definition) is 6. The van der Waals surface area contributed by atoms with Gasteiger partial charge in [0.2, 0.25) is 0 Å². The van der Waals surface area contributed by atoms with Crippen LogP contribution in [0, 0.1) is 12.7 Å². The van der Waals surface area contributed by atoms with Crippen molar-refractivity contribution in [1.29, 1.82) is 0 Å². The third kappa shape index (κ3) is 4.00. The molecule has 2 aromatic rings. The smallest absolute Gasteiger partial charge is 0.328 e. The number of aryl methyl sites for hydroxylation is 1. The highest BCUT2D eigenvalue weighted by molar-refractivity contribution is 7.13. The third-order valence-electron chi connectivity index (χ3n) is 3.89. The van der Waals surface area contributed by atoms with Crippen LogP contribution in [0.4, 0.5) is 4.39 Å². The van der Waals surface area contributed by atoms with Crippen LogP contribution < -0.4 is 4.74 Å². The van der Waals surface area contributed by atoms with Crippen molar-refractivity contribution in [2.75, 3.05) is 19.8 Å². The molecule has 1 aromatic carbocycles. The first kappa shape index (κ1) is 18.3. The second-order valence-electron chi connectivity index (χ2n) is 5.69. The molecule has 138 valence electrons. The molecule has 0 radical (unpaired) electrons. The van der Waals surface area contributed by atoms with Crippen LogP contribution in [0.25, 0.3) is 0 Å². The third-order valence-corrected chi connectivity index (χ3v) is 5.00. The summed E-state index contributed by atoms with van der Waals surface area (Å²) in [5.74, 6) is -1.33. The molecule has 3 rings (SSSR count). The molecule has 1 amide bonds. The van der Waals surface area contributed by atoms with Crippen molar-refractivity contribution in [1.82, 2.24) is 9.88 Å². The van der Waals surface area contributed by atoms with E-state index in [0.29, 0.717) is 27.9 Å². The van der Waals surface area contributed by atoms with E-state index in [0.717, 1.165) is 11.3 Å². The standard InChI is InChI=1S/C17H17FN2O5S/c1-10-15(16(21)20-6-7-24-8-13(20)17(22)23)26-14(19-10)9-25-12-4-2-11(18)3-5-12/h2-5,13H,6-9H2,1H3,(H,22,23). The lowest BCUT2D eigenvalue weighted by Crippen LogP contribution is -2.52. The molecular weight excluding hydrogens is 363 g/mol. The Morgan fingerprint density at radius 2 is 2.15 bits per heavy atom. The summed E-state index contributed by atoms with van der Waals surface area (Å²) in [7, 11) is 0. The van der Waals surface area contributed by atoms with Gasteiger partial charge in [-0.15, -0.1) is 11.3 Å². The fourth-order valence-electron chi connectivity index (χ4n) is 2.57. The van der Waals surface area contributed by atoms with E-state index in [-0.39, 0.29) is 31.5 Å². The fourth-order valence-corrected chi connectivity index (χ4v) is 3.50. The molecule has 9 heteroatoms. The summed E-state index contributed by atoms with van der Waals surface area (Å²) in [6.07, 6.45) is 0. The van der Waals surface area contributed by atoms with Gasteiger partial charge < -0.3 is 19.5 Å². The number of hydrogen-bond donors (Lipinski definition) is 1. The maximum absolute atomic E-state index is 12.9. The van der Waals surface area contributed by atoms with Crippen LogP contribution >= 0.6 is 11.3 Å². The van der Waals surface area contributed by atoms with Crippen molar-refractivity contribution in [2.24, 2.45) is 0 Å². The van der Waals surface area contributed by atoms with Crippen molar-refractivity contribution >= 4 is 23.2 Å². The number of carbonyl (C=O) groups is 2. The second-order valence-corrected chi connectivity index (χ2v) is 6.78. The molecule has 2 heterocycles. The number of aliphatic carboxylic acids is 1. The van der Waals surface area contributed by atoms with Gasteiger partial charge in [0.25, 0.3) is 5.91 Å². The van der Waals surface area contributed by atoms with Crippen LogP contribution in [0.2, 0.25) is 0 Å². The van der Waals surface area contributed by atoms with E-state index in [9.17, 15) is 19.1 Å². The van der Waals surface area contributed by atoms with Gasteiger partial charge in [0.05, 0.1) is 18.9 Å². The summed E-state index contributed by atoms with van der Waals surface area (Å²) < 4.78 is 23.6. The molecule has 1 fully saturated rings. The summed E-state index contributed by atoms with van der Waals surface area (Å²) >= 11 is 1.16. The number of thiazole rings is 1. The fraction of sp³-hybridized carbons (Fsp3) is 0.353. The number of rotatable bonds is 5. The van der Waals surface area contributed by atoms with Gasteiger partial charge in [-0.2, -0.15) is 0 Å². The summed E-state index contributed by atoms with van der Waals surface area (Å²) in [6, 6.07) is 4.60. The molecule has 0 aliphatic carbocycles. The lowest BCUT2D eigenvalue weighted by Gasteiger charge is -2.32. The van der Waals surface area contributed by atoms with Crippen LogP contribution in [-0.2, 0) is 16.1 Å². The summed E-state index contributed by atoms with van der Waals surface area (Å²) in [4.78, 5) is 30.1. The Balaban J connectivity index is 1.71. The average molecular weight is 380 g/mol. The van der Waals surface area contributed by atoms with E-state index >= 15 is 0 Å². The summed E-state index contributed by atoms with van der Waals surface area (Å²) in [5, 5.41) is 9.85. The molecule has 1 aromatic heterocycles. The van der Waals surface area contributed by atoms with Crippen LogP contribution in [-0.4, -0.2) is 52.7 Å². The number of benzene rings is 1. The highest BCUT2D eigenvalue weighted by Gasteiger charge is 2.34. The zero-order valence-corrected chi connectivity index (χ0v) is 14.8. The Morgan fingerprint density at radius 3 is 2.85 bits per heavy atom. The lowest BCUT2D eigenvalue weighted by atomic mass is 10.2. The summed E-state index contributed by atoms with van der Waals surface area (Å²) in [5.41, 5.74) is 0.522. The van der Waals surface area contributed by atoms with Gasteiger partial charge in [-0.1, -0.05) is 0 Å². The van der Waals surface area contributed by atoms with Gasteiger partial charge in [0.1, 0.15) is 28.1 Å². The molecule has 7 nitrogen and oxygen atoms in total. The van der Waals surface area contributed by atoms with Crippen molar-refractivity contribution in [2.45, 2.75) is 19.6 Å². The van der Waals surface area contributed by atoms with Gasteiger partial charge in [0, 0.05) is 6.54 Å². The van der Waals surface area contributed by atoms with E-state index in [1.807, 2.05) is 0 Å². The van der Waals surface area contributed by atoms with E-state index in [1.54, 1.807) is 6.92 Å². The van der Waals surface area contributed by atoms with Crippen LogP contribution in [0.1, 0.15) is 20.4 Å². The number of aromatic nitrogens is 1. The molecule has 1 aliphatic heterocycles. The molecule has 0 spiro atoms. The Bertz CT molecular complexity index is 808. The topological polar surface area (TPSA) is 89.0 Å². The van der Waals surface area contributed by atoms with Gasteiger partial charge >= 0.3 is 5.97 Å². The largest absolute Gasteiger partial charge is 0.486 e. The molecule has 0 bridgehead atoms. The minimum atomic E-state index is -1.10. The lowest BCUT2D eigenvalue weighted by molar-refractivity contribution is -0.147. The quantitative estimate of drug-likeness (QED) is 0.855. The minimum absolute atomic E-state index is 0.0283. The predicted molar refractivity (Wildman–Crippen MR) is 90.9 cm³/mol. The number of carboxylic acid groups (broad SMARTS) is 1. The van der Waals surface area contributed by atoms with Crippen LogP contribution in [0.5, 0.6) is 5.75 Å². The molecular formula is C17H17FN2O5S. The summed E-state index contributed by atoms with van der Waals surface area (Å²) in [6.45, 7) is 2.32. The number of carboxylic acids is 1. The zero-order chi connectivity index (χ0) is 18.7. The molecule has 1 unspecified atom stereocenters. The molecule has 0 saturated carbocycles. The number of halogens is 1. The van der Waals surface area contributed by atoms with Crippen molar-refractivity contribution < 1.29 is 28.6 Å². The Morgan fingerprint density at radius 1 is 1.42 bits per heavy atom. The van der Waals surface area contributed by atoms with Crippen molar-refractivity contribution in [3.05, 3.63) is 45.7 Å². The molecule has 1 N–H and O–H groups in total. The maximum atomic E-state index is 12.9. The van der Waals surface area contributed by atoms with E-state index in [4.69, 9.17) is 9.47 Å². The molecule has 26 heavy (non-hydrogen) atoms. The minimum Gasteiger partial charge on any atom is -0.486 e. The number of morpholine rings is 1. The Kier molecular flexibility index (Phi) is 5.48. The van der Waals surface area contributed by atoms with Crippen molar-refractivity contribution in [3.8, 4) is 5.75 Å². The highest BCUT2D eigenvalue weighted by Crippen LogP contribution is 2.24. The molecule has 1 saturated heterocycles. The van der Waals surface area contributed by atoms with Gasteiger partial charge in [0.15, 0.2) is 6.04 Å². The van der Waals surface area contributed by atoms with E-state index < -0.39 is 12.0 Å². The van der Waals surface area contributed by atoms with Crippen molar-refractivity contribution in [3.63, 3.8) is 0 Å². The van der Waals surface area contributed by atoms with Crippen LogP contribution in [0.3, 0.4) is 0 Å². The highest BCUT2D eigenvalue weighted by atomic mass is 32.1. The number of carbonyl (C=O) groups excluding carboxylic acids is 1. The first-order valence-electron chi connectivity index (χ1n) is 7.92. The average Bonchev–Trinajstić information content (AvgIpc) is 3.01. The van der Waals surface area contributed by atoms with Gasteiger partial charge in [-0.25, -0.2) is 14.2 Å². The maximum Gasteiger partial charge on any atom is 0.328 e. The monoisotopic (exact) mass is 380 g/mol. The Hall–Kier alpha value is -2.52. The molecule has 1 atom stereocenters. The number of amides is 1. The normalized spacial score (nSPS) is 17.2. The number of nitrogens with zero attached hydrogens (tertiary/aromatic N) is 2. The van der Waals surface area contributed by atoms with Gasteiger partial charge in [-0.3, -0.25) is 4.79 Å². The van der Waals surface area contributed by atoms with E-state index in [1.165, 1.54) is 29.2 Å². The second kappa shape index (κ2) is 7.79.